The van der Waals surface area contributed by atoms with E-state index >= 15 is 0 Å². The molecule has 2 aromatic rings. The van der Waals surface area contributed by atoms with Crippen LogP contribution < -0.4 is 0 Å². The Bertz CT molecular complexity index is 592. The normalized spacial score (nSPS) is 18.0. The van der Waals surface area contributed by atoms with Crippen molar-refractivity contribution < 1.29 is 4.74 Å². The summed E-state index contributed by atoms with van der Waals surface area (Å²) >= 11 is 0. The van der Waals surface area contributed by atoms with Crippen molar-refractivity contribution in [1.82, 2.24) is 14.6 Å². The second-order valence-corrected chi connectivity index (χ2v) is 4.08. The fourth-order valence-corrected chi connectivity index (χ4v) is 1.79. The van der Waals surface area contributed by atoms with Crippen molar-refractivity contribution in [1.29, 1.82) is 5.26 Å². The van der Waals surface area contributed by atoms with E-state index in [-0.39, 0.29) is 0 Å². The summed E-state index contributed by atoms with van der Waals surface area (Å²) in [6, 6.07) is 6.14. The van der Waals surface area contributed by atoms with Gasteiger partial charge in [-0.15, -0.1) is 5.10 Å². The van der Waals surface area contributed by atoms with Gasteiger partial charge in [-0.2, -0.15) is 5.26 Å². The van der Waals surface area contributed by atoms with Crippen molar-refractivity contribution in [3.63, 3.8) is 0 Å². The Labute approximate surface area is 92.3 Å². The Kier molecular flexibility index (Phi) is 1.76. The molecule has 0 aliphatic carbocycles. The number of fused-ring (bicyclic) bond motifs is 1. The van der Waals surface area contributed by atoms with Crippen LogP contribution in [0.4, 0.5) is 0 Å². The van der Waals surface area contributed by atoms with E-state index in [1.54, 1.807) is 4.52 Å². The first-order valence-electron chi connectivity index (χ1n) is 5.07. The fraction of sp³-hybridized carbons (Fsp3) is 0.364. The smallest absolute Gasteiger partial charge is 0.176 e. The molecule has 5 nitrogen and oxygen atoms in total. The molecule has 1 fully saturated rings. The zero-order valence-electron chi connectivity index (χ0n) is 8.84. The van der Waals surface area contributed by atoms with E-state index in [1.165, 1.54) is 0 Å². The number of nitriles is 1. The lowest BCUT2D eigenvalue weighted by Gasteiger charge is -2.31. The van der Waals surface area contributed by atoms with Crippen molar-refractivity contribution in [2.45, 2.75) is 12.3 Å². The molecule has 0 saturated carbocycles. The molecule has 0 N–H and O–H groups in total. The highest BCUT2D eigenvalue weighted by molar-refractivity contribution is 5.47. The second kappa shape index (κ2) is 3.03. The van der Waals surface area contributed by atoms with Gasteiger partial charge in [0, 0.05) is 6.20 Å². The molecule has 0 unspecified atom stereocenters. The molecule has 80 valence electrons. The number of ether oxygens (including phenoxy) is 1. The summed E-state index contributed by atoms with van der Waals surface area (Å²) in [4.78, 5) is 4.43. The molecule has 1 aliphatic heterocycles. The predicted molar refractivity (Wildman–Crippen MR) is 55.8 cm³/mol. The molecule has 3 rings (SSSR count). The van der Waals surface area contributed by atoms with Crippen LogP contribution in [0.5, 0.6) is 0 Å². The third-order valence-electron chi connectivity index (χ3n) is 2.90. The number of nitrogens with zero attached hydrogens (tertiary/aromatic N) is 4. The quantitative estimate of drug-likeness (QED) is 0.705. The molecular weight excluding hydrogens is 204 g/mol. The second-order valence-electron chi connectivity index (χ2n) is 4.08. The number of rotatable bonds is 1. The van der Waals surface area contributed by atoms with Gasteiger partial charge in [-0.3, -0.25) is 0 Å². The van der Waals surface area contributed by atoms with Crippen molar-refractivity contribution >= 4 is 5.65 Å². The topological polar surface area (TPSA) is 63.2 Å². The third-order valence-corrected chi connectivity index (χ3v) is 2.90. The van der Waals surface area contributed by atoms with E-state index in [4.69, 9.17) is 10.00 Å². The van der Waals surface area contributed by atoms with Crippen LogP contribution in [0.3, 0.4) is 0 Å². The highest BCUT2D eigenvalue weighted by Crippen LogP contribution is 2.29. The molecule has 2 aromatic heterocycles. The largest absolute Gasteiger partial charge is 0.377 e. The van der Waals surface area contributed by atoms with E-state index in [0.717, 1.165) is 11.2 Å². The van der Waals surface area contributed by atoms with E-state index < -0.39 is 5.41 Å². The van der Waals surface area contributed by atoms with Crippen LogP contribution >= 0.6 is 0 Å². The maximum absolute atomic E-state index is 9.17. The number of pyridine rings is 1. The van der Waals surface area contributed by atoms with Gasteiger partial charge in [-0.1, -0.05) is 6.07 Å². The zero-order chi connectivity index (χ0) is 11.2. The first kappa shape index (κ1) is 9.31. The average Bonchev–Trinajstić information content (AvgIpc) is 2.62. The summed E-state index contributed by atoms with van der Waals surface area (Å²) in [5.41, 5.74) is 1.21. The SMILES string of the molecule is Cc1cccn2nc(C3(C#N)COC3)nc12. The van der Waals surface area contributed by atoms with Gasteiger partial charge in [0.2, 0.25) is 0 Å². The van der Waals surface area contributed by atoms with Crippen LogP contribution in [0.25, 0.3) is 5.65 Å². The molecule has 0 spiro atoms. The third kappa shape index (κ3) is 1.08. The summed E-state index contributed by atoms with van der Waals surface area (Å²) in [5.74, 6) is 0.565. The minimum absolute atomic E-state index is 0.388. The van der Waals surface area contributed by atoms with Crippen molar-refractivity contribution in [3.8, 4) is 6.07 Å². The number of hydrogen-bond donors (Lipinski definition) is 0. The number of aryl methyl sites for hydroxylation is 1. The van der Waals surface area contributed by atoms with E-state index in [0.29, 0.717) is 19.0 Å². The highest BCUT2D eigenvalue weighted by atomic mass is 16.5. The van der Waals surface area contributed by atoms with Crippen LogP contribution in [0.2, 0.25) is 0 Å². The first-order chi connectivity index (χ1) is 7.75. The van der Waals surface area contributed by atoms with Crippen molar-refractivity contribution in [3.05, 3.63) is 29.7 Å². The van der Waals surface area contributed by atoms with Crippen LogP contribution in [0.15, 0.2) is 18.3 Å². The lowest BCUT2D eigenvalue weighted by molar-refractivity contribution is -0.0337. The van der Waals surface area contributed by atoms with Crippen LogP contribution in [-0.2, 0) is 10.2 Å². The van der Waals surface area contributed by atoms with E-state index in [9.17, 15) is 0 Å². The standard InChI is InChI=1S/C11H10N4O/c1-8-3-2-4-15-9(8)13-10(14-15)11(5-12)6-16-7-11/h2-4H,6-7H2,1H3. The molecule has 3 heterocycles. The molecule has 16 heavy (non-hydrogen) atoms. The molecule has 0 aromatic carbocycles. The molecule has 1 saturated heterocycles. The average molecular weight is 214 g/mol. The Morgan fingerprint density at radius 2 is 2.38 bits per heavy atom. The minimum Gasteiger partial charge on any atom is -0.377 e. The Balaban J connectivity index is 2.20. The van der Waals surface area contributed by atoms with Gasteiger partial charge in [0.1, 0.15) is 0 Å². The van der Waals surface area contributed by atoms with Crippen molar-refractivity contribution in [2.75, 3.05) is 13.2 Å². The van der Waals surface area contributed by atoms with E-state index in [2.05, 4.69) is 16.2 Å². The molecule has 0 atom stereocenters. The maximum Gasteiger partial charge on any atom is 0.176 e. The summed E-state index contributed by atoms with van der Waals surface area (Å²) in [7, 11) is 0. The Morgan fingerprint density at radius 1 is 1.56 bits per heavy atom. The fourth-order valence-electron chi connectivity index (χ4n) is 1.79. The Hall–Kier alpha value is -1.93. The lowest BCUT2D eigenvalue weighted by atomic mass is 9.87. The van der Waals surface area contributed by atoms with Crippen LogP contribution in [0, 0.1) is 18.3 Å². The predicted octanol–water partition coefficient (Wildman–Crippen LogP) is 0.829. The van der Waals surface area contributed by atoms with Gasteiger partial charge in [-0.25, -0.2) is 9.50 Å². The summed E-state index contributed by atoms with van der Waals surface area (Å²) < 4.78 is 6.81. The van der Waals surface area contributed by atoms with Crippen LogP contribution in [-0.4, -0.2) is 27.8 Å². The molecule has 0 amide bonds. The number of aromatic nitrogens is 3. The highest BCUT2D eigenvalue weighted by Gasteiger charge is 2.44. The molecule has 5 heteroatoms. The molecule has 1 aliphatic rings. The van der Waals surface area contributed by atoms with Crippen molar-refractivity contribution in [2.24, 2.45) is 0 Å². The van der Waals surface area contributed by atoms with E-state index in [1.807, 2.05) is 25.3 Å². The molecule has 0 radical (unpaired) electrons. The molecule has 0 bridgehead atoms. The van der Waals surface area contributed by atoms with Gasteiger partial charge in [0.15, 0.2) is 16.9 Å². The monoisotopic (exact) mass is 214 g/mol. The van der Waals surface area contributed by atoms with Gasteiger partial charge >= 0.3 is 0 Å². The maximum atomic E-state index is 9.17. The van der Waals surface area contributed by atoms with Gasteiger partial charge in [0.25, 0.3) is 0 Å². The summed E-state index contributed by atoms with van der Waals surface area (Å²) in [6.45, 7) is 2.75. The minimum atomic E-state index is -0.640. The Morgan fingerprint density at radius 3 is 2.94 bits per heavy atom. The summed E-state index contributed by atoms with van der Waals surface area (Å²) in [6.07, 6.45) is 1.84. The van der Waals surface area contributed by atoms with Gasteiger partial charge in [-0.05, 0) is 18.6 Å². The zero-order valence-corrected chi connectivity index (χ0v) is 8.84. The molecular formula is C11H10N4O. The van der Waals surface area contributed by atoms with Gasteiger partial charge in [0.05, 0.1) is 19.3 Å². The van der Waals surface area contributed by atoms with Crippen LogP contribution in [0.1, 0.15) is 11.4 Å². The summed E-state index contributed by atoms with van der Waals surface area (Å²) in [5, 5.41) is 13.5. The lowest BCUT2D eigenvalue weighted by Crippen LogP contribution is -2.46. The van der Waals surface area contributed by atoms with Gasteiger partial charge < -0.3 is 4.74 Å². The number of hydrogen-bond acceptors (Lipinski definition) is 4. The first-order valence-corrected chi connectivity index (χ1v) is 5.07.